The highest BCUT2D eigenvalue weighted by Gasteiger charge is 2.35. The zero-order chi connectivity index (χ0) is 16.2. The summed E-state index contributed by atoms with van der Waals surface area (Å²) in [4.78, 5) is 26.2. The molecule has 1 fully saturated rings. The van der Waals surface area contributed by atoms with Crippen molar-refractivity contribution in [1.29, 1.82) is 0 Å². The van der Waals surface area contributed by atoms with Gasteiger partial charge in [-0.2, -0.15) is 11.3 Å². The minimum atomic E-state index is -0.313. The maximum absolute atomic E-state index is 12.3. The molecule has 0 radical (unpaired) electrons. The summed E-state index contributed by atoms with van der Waals surface area (Å²) in [5, 5.41) is 6.89. The van der Waals surface area contributed by atoms with E-state index in [1.165, 1.54) is 0 Å². The van der Waals surface area contributed by atoms with Gasteiger partial charge in [-0.25, -0.2) is 0 Å². The topological polar surface area (TPSA) is 58.6 Å². The number of thiophene rings is 1. The number of carbonyl (C=O) groups excluding carboxylic acids is 2. The fourth-order valence-electron chi connectivity index (χ4n) is 2.64. The van der Waals surface area contributed by atoms with Gasteiger partial charge in [0.1, 0.15) is 5.75 Å². The van der Waals surface area contributed by atoms with E-state index in [0.29, 0.717) is 18.8 Å². The molecule has 5 nitrogen and oxygen atoms in total. The Morgan fingerprint density at radius 2 is 2.30 bits per heavy atom. The van der Waals surface area contributed by atoms with Gasteiger partial charge in [0, 0.05) is 31.3 Å². The normalized spacial score (nSPS) is 17.3. The second-order valence-corrected chi connectivity index (χ2v) is 6.24. The standard InChI is InChI=1S/C17H18N2O3S/c1-22-15-4-2-3-14(8-15)19-10-13(7-16(19)20)17(21)18-9-12-5-6-23-11-12/h2-6,8,11,13H,7,9-10H2,1H3,(H,18,21)/t13-/m1/s1. The Labute approximate surface area is 138 Å². The predicted molar refractivity (Wildman–Crippen MR) is 89.6 cm³/mol. The molecular weight excluding hydrogens is 312 g/mol. The van der Waals surface area contributed by atoms with Crippen molar-refractivity contribution in [3.63, 3.8) is 0 Å². The zero-order valence-corrected chi connectivity index (χ0v) is 13.6. The van der Waals surface area contributed by atoms with Crippen LogP contribution in [0.1, 0.15) is 12.0 Å². The highest BCUT2D eigenvalue weighted by atomic mass is 32.1. The van der Waals surface area contributed by atoms with Crippen LogP contribution in [0.15, 0.2) is 41.1 Å². The minimum absolute atomic E-state index is 0.0334. The van der Waals surface area contributed by atoms with Crippen LogP contribution in [0.5, 0.6) is 5.75 Å². The lowest BCUT2D eigenvalue weighted by molar-refractivity contribution is -0.126. The van der Waals surface area contributed by atoms with Crippen molar-refractivity contribution in [3.8, 4) is 5.75 Å². The van der Waals surface area contributed by atoms with Crippen molar-refractivity contribution in [3.05, 3.63) is 46.7 Å². The van der Waals surface area contributed by atoms with Crippen LogP contribution in [0.3, 0.4) is 0 Å². The molecule has 1 aliphatic heterocycles. The number of amides is 2. The second kappa shape index (κ2) is 6.83. The van der Waals surface area contributed by atoms with Gasteiger partial charge in [-0.1, -0.05) is 6.07 Å². The SMILES string of the molecule is COc1cccc(N2C[C@H](C(=O)NCc3ccsc3)CC2=O)c1. The Hall–Kier alpha value is -2.34. The second-order valence-electron chi connectivity index (χ2n) is 5.46. The van der Waals surface area contributed by atoms with Gasteiger partial charge >= 0.3 is 0 Å². The molecule has 1 saturated heterocycles. The molecule has 0 aliphatic carbocycles. The number of hydrogen-bond donors (Lipinski definition) is 1. The lowest BCUT2D eigenvalue weighted by Crippen LogP contribution is -2.32. The number of ether oxygens (including phenoxy) is 1. The molecule has 0 bridgehead atoms. The molecule has 1 aliphatic rings. The third-order valence-corrected chi connectivity index (χ3v) is 4.64. The predicted octanol–water partition coefficient (Wildman–Crippen LogP) is 2.43. The molecule has 3 rings (SSSR count). The number of hydrogen-bond acceptors (Lipinski definition) is 4. The number of anilines is 1. The van der Waals surface area contributed by atoms with E-state index < -0.39 is 0 Å². The summed E-state index contributed by atoms with van der Waals surface area (Å²) in [5.74, 6) is 0.275. The molecule has 120 valence electrons. The van der Waals surface area contributed by atoms with Crippen molar-refractivity contribution in [2.24, 2.45) is 5.92 Å². The number of nitrogens with one attached hydrogen (secondary N) is 1. The Morgan fingerprint density at radius 1 is 1.43 bits per heavy atom. The molecular formula is C17H18N2O3S. The molecule has 2 heterocycles. The van der Waals surface area contributed by atoms with Crippen molar-refractivity contribution in [2.75, 3.05) is 18.6 Å². The van der Waals surface area contributed by atoms with Crippen molar-refractivity contribution in [1.82, 2.24) is 5.32 Å². The van der Waals surface area contributed by atoms with E-state index in [0.717, 1.165) is 11.3 Å². The smallest absolute Gasteiger partial charge is 0.227 e. The molecule has 23 heavy (non-hydrogen) atoms. The van der Waals surface area contributed by atoms with Gasteiger partial charge in [-0.15, -0.1) is 0 Å². The maximum atomic E-state index is 12.3. The molecule has 2 amide bonds. The highest BCUT2D eigenvalue weighted by Crippen LogP contribution is 2.28. The first-order chi connectivity index (χ1) is 11.2. The molecule has 2 aromatic rings. The van der Waals surface area contributed by atoms with E-state index in [9.17, 15) is 9.59 Å². The van der Waals surface area contributed by atoms with Crippen LogP contribution in [0.2, 0.25) is 0 Å². The van der Waals surface area contributed by atoms with Crippen LogP contribution >= 0.6 is 11.3 Å². The van der Waals surface area contributed by atoms with Crippen LogP contribution in [0.25, 0.3) is 0 Å². The van der Waals surface area contributed by atoms with Crippen LogP contribution in [-0.4, -0.2) is 25.5 Å². The van der Waals surface area contributed by atoms with Crippen LogP contribution in [0.4, 0.5) is 5.69 Å². The van der Waals surface area contributed by atoms with E-state index in [-0.39, 0.29) is 24.2 Å². The molecule has 0 unspecified atom stereocenters. The monoisotopic (exact) mass is 330 g/mol. The fourth-order valence-corrected chi connectivity index (χ4v) is 3.31. The van der Waals surface area contributed by atoms with Crippen molar-refractivity contribution in [2.45, 2.75) is 13.0 Å². The van der Waals surface area contributed by atoms with E-state index in [2.05, 4.69) is 5.32 Å². The quantitative estimate of drug-likeness (QED) is 0.916. The zero-order valence-electron chi connectivity index (χ0n) is 12.8. The minimum Gasteiger partial charge on any atom is -0.497 e. The average molecular weight is 330 g/mol. The number of methoxy groups -OCH3 is 1. The van der Waals surface area contributed by atoms with Crippen LogP contribution in [-0.2, 0) is 16.1 Å². The highest BCUT2D eigenvalue weighted by molar-refractivity contribution is 7.07. The number of rotatable bonds is 5. The lowest BCUT2D eigenvalue weighted by atomic mass is 10.1. The summed E-state index contributed by atoms with van der Waals surface area (Å²) >= 11 is 1.60. The van der Waals surface area contributed by atoms with Gasteiger partial charge in [-0.05, 0) is 34.5 Å². The first-order valence-corrected chi connectivity index (χ1v) is 8.35. The van der Waals surface area contributed by atoms with E-state index in [1.54, 1.807) is 23.3 Å². The Morgan fingerprint density at radius 3 is 3.04 bits per heavy atom. The number of nitrogens with zero attached hydrogens (tertiary/aromatic N) is 1. The molecule has 1 atom stereocenters. The summed E-state index contributed by atoms with van der Waals surface area (Å²) in [5.41, 5.74) is 1.85. The van der Waals surface area contributed by atoms with E-state index in [4.69, 9.17) is 4.74 Å². The largest absolute Gasteiger partial charge is 0.497 e. The molecule has 1 N–H and O–H groups in total. The summed E-state index contributed by atoms with van der Waals surface area (Å²) in [7, 11) is 1.59. The van der Waals surface area contributed by atoms with Crippen molar-refractivity contribution < 1.29 is 14.3 Å². The van der Waals surface area contributed by atoms with Gasteiger partial charge in [0.15, 0.2) is 0 Å². The fraction of sp³-hybridized carbons (Fsp3) is 0.294. The lowest BCUT2D eigenvalue weighted by Gasteiger charge is -2.17. The van der Waals surface area contributed by atoms with Crippen molar-refractivity contribution >= 4 is 28.8 Å². The maximum Gasteiger partial charge on any atom is 0.227 e. The average Bonchev–Trinajstić information content (AvgIpc) is 3.22. The Kier molecular flexibility index (Phi) is 4.62. The first kappa shape index (κ1) is 15.6. The van der Waals surface area contributed by atoms with Crippen LogP contribution < -0.4 is 15.0 Å². The first-order valence-electron chi connectivity index (χ1n) is 7.40. The summed E-state index contributed by atoms with van der Waals surface area (Å²) < 4.78 is 5.19. The van der Waals surface area contributed by atoms with E-state index in [1.807, 2.05) is 41.1 Å². The van der Waals surface area contributed by atoms with Gasteiger partial charge in [0.05, 0.1) is 13.0 Å². The Bertz CT molecular complexity index is 700. The number of carbonyl (C=O) groups is 2. The van der Waals surface area contributed by atoms with Gasteiger partial charge in [0.25, 0.3) is 0 Å². The Balaban J connectivity index is 1.63. The summed E-state index contributed by atoms with van der Waals surface area (Å²) in [6, 6.07) is 9.31. The molecule has 0 spiro atoms. The number of benzene rings is 1. The van der Waals surface area contributed by atoms with Gasteiger partial charge in [0.2, 0.25) is 11.8 Å². The van der Waals surface area contributed by atoms with Gasteiger partial charge in [-0.3, -0.25) is 9.59 Å². The molecule has 1 aromatic carbocycles. The van der Waals surface area contributed by atoms with Gasteiger partial charge < -0.3 is 15.0 Å². The summed E-state index contributed by atoms with van der Waals surface area (Å²) in [6.07, 6.45) is 0.243. The van der Waals surface area contributed by atoms with Crippen LogP contribution in [0, 0.1) is 5.92 Å². The summed E-state index contributed by atoms with van der Waals surface area (Å²) in [6.45, 7) is 0.910. The third kappa shape index (κ3) is 3.53. The molecule has 1 aromatic heterocycles. The van der Waals surface area contributed by atoms with E-state index >= 15 is 0 Å². The third-order valence-electron chi connectivity index (χ3n) is 3.91. The molecule has 0 saturated carbocycles. The molecule has 6 heteroatoms.